The third-order valence-corrected chi connectivity index (χ3v) is 4.30. The number of nitrogens with zero attached hydrogens (tertiary/aromatic N) is 1. The first-order chi connectivity index (χ1) is 14.7. The monoisotopic (exact) mass is 423 g/mol. The van der Waals surface area contributed by atoms with E-state index in [4.69, 9.17) is 4.74 Å². The molecule has 4 nitrogen and oxygen atoms in total. The highest BCUT2D eigenvalue weighted by atomic mass is 19.1. The summed E-state index contributed by atoms with van der Waals surface area (Å²) in [6.45, 7) is 9.45. The Labute approximate surface area is 183 Å². The summed E-state index contributed by atoms with van der Waals surface area (Å²) in [5, 5.41) is 9.80. The van der Waals surface area contributed by atoms with E-state index in [1.165, 1.54) is 12.1 Å². The average molecular weight is 424 g/mol. The molecule has 0 aliphatic heterocycles. The van der Waals surface area contributed by atoms with Gasteiger partial charge in [0.2, 0.25) is 0 Å². The molecule has 0 radical (unpaired) electrons. The van der Waals surface area contributed by atoms with E-state index in [0.717, 1.165) is 22.4 Å². The van der Waals surface area contributed by atoms with Crippen LogP contribution in [-0.2, 0) is 0 Å². The molecule has 0 aliphatic rings. The SMILES string of the molecule is CC.Cc1cc(-n2ccc(C=Cc3ccc(F)cc3)cc2=O)ccc1OCC(C)(C)O. The number of aliphatic hydroxyl groups is 1. The number of ether oxygens (including phenoxy) is 1. The number of benzene rings is 2. The van der Waals surface area contributed by atoms with Crippen LogP contribution in [0, 0.1) is 12.7 Å². The average Bonchev–Trinajstić information content (AvgIpc) is 2.73. The van der Waals surface area contributed by atoms with E-state index in [-0.39, 0.29) is 18.0 Å². The third kappa shape index (κ3) is 7.23. The van der Waals surface area contributed by atoms with Crippen LogP contribution in [0.4, 0.5) is 4.39 Å². The molecule has 0 spiro atoms. The molecule has 1 aromatic heterocycles. The predicted octanol–water partition coefficient (Wildman–Crippen LogP) is 5.63. The van der Waals surface area contributed by atoms with Crippen molar-refractivity contribution in [1.29, 1.82) is 0 Å². The van der Waals surface area contributed by atoms with Crippen LogP contribution in [0.1, 0.15) is 44.4 Å². The Bertz CT molecular complexity index is 1080. The van der Waals surface area contributed by atoms with Gasteiger partial charge < -0.3 is 9.84 Å². The fourth-order valence-electron chi connectivity index (χ4n) is 2.78. The highest BCUT2D eigenvalue weighted by molar-refractivity contribution is 5.69. The first-order valence-corrected chi connectivity index (χ1v) is 10.3. The van der Waals surface area contributed by atoms with Crippen molar-refractivity contribution in [3.05, 3.63) is 93.7 Å². The van der Waals surface area contributed by atoms with Crippen LogP contribution in [0.3, 0.4) is 0 Å². The van der Waals surface area contributed by atoms with Crippen molar-refractivity contribution in [3.8, 4) is 11.4 Å². The zero-order valence-corrected chi connectivity index (χ0v) is 18.7. The van der Waals surface area contributed by atoms with Gasteiger partial charge in [0.05, 0.1) is 5.60 Å². The molecule has 3 rings (SSSR count). The van der Waals surface area contributed by atoms with E-state index in [1.807, 2.05) is 51.1 Å². The molecule has 1 heterocycles. The molecule has 0 saturated heterocycles. The van der Waals surface area contributed by atoms with Gasteiger partial charge in [-0.1, -0.05) is 38.1 Å². The van der Waals surface area contributed by atoms with Gasteiger partial charge in [0.1, 0.15) is 18.2 Å². The second-order valence-corrected chi connectivity index (χ2v) is 7.60. The van der Waals surface area contributed by atoms with Crippen molar-refractivity contribution in [2.75, 3.05) is 6.61 Å². The Morgan fingerprint density at radius 1 is 1.00 bits per heavy atom. The van der Waals surface area contributed by atoms with Gasteiger partial charge in [-0.05, 0) is 73.9 Å². The van der Waals surface area contributed by atoms with Gasteiger partial charge in [0, 0.05) is 18.0 Å². The minimum absolute atomic E-state index is 0.157. The molecule has 0 aliphatic carbocycles. The molecule has 1 N–H and O–H groups in total. The normalized spacial score (nSPS) is 11.2. The Kier molecular flexibility index (Phi) is 8.34. The van der Waals surface area contributed by atoms with Gasteiger partial charge in [-0.2, -0.15) is 0 Å². The van der Waals surface area contributed by atoms with Crippen LogP contribution in [0.2, 0.25) is 0 Å². The molecule has 3 aromatic rings. The molecule has 0 bridgehead atoms. The maximum atomic E-state index is 13.0. The Morgan fingerprint density at radius 2 is 1.65 bits per heavy atom. The van der Waals surface area contributed by atoms with Crippen molar-refractivity contribution < 1.29 is 14.2 Å². The minimum Gasteiger partial charge on any atom is -0.490 e. The second-order valence-electron chi connectivity index (χ2n) is 7.60. The molecular weight excluding hydrogens is 393 g/mol. The van der Waals surface area contributed by atoms with Crippen molar-refractivity contribution in [1.82, 2.24) is 4.57 Å². The zero-order valence-electron chi connectivity index (χ0n) is 18.7. The molecule has 5 heteroatoms. The molecule has 0 saturated carbocycles. The standard InChI is InChI=1S/C24H24FNO3.C2H6/c1-17-14-21(10-11-22(17)29-16-24(2,3)28)26-13-12-19(15-23(26)27)5-4-18-6-8-20(25)9-7-18;1-2/h4-15,28H,16H2,1-3H3;1-2H3. The zero-order chi connectivity index (χ0) is 23.0. The topological polar surface area (TPSA) is 51.5 Å². The lowest BCUT2D eigenvalue weighted by atomic mass is 10.1. The van der Waals surface area contributed by atoms with Gasteiger partial charge in [-0.3, -0.25) is 9.36 Å². The van der Waals surface area contributed by atoms with E-state index in [2.05, 4.69) is 0 Å². The Morgan fingerprint density at radius 3 is 2.23 bits per heavy atom. The quantitative estimate of drug-likeness (QED) is 0.559. The summed E-state index contributed by atoms with van der Waals surface area (Å²) in [5.74, 6) is 0.388. The molecule has 2 aromatic carbocycles. The third-order valence-electron chi connectivity index (χ3n) is 4.30. The summed E-state index contributed by atoms with van der Waals surface area (Å²) in [6.07, 6.45) is 5.37. The summed E-state index contributed by atoms with van der Waals surface area (Å²) >= 11 is 0. The largest absolute Gasteiger partial charge is 0.490 e. The first-order valence-electron chi connectivity index (χ1n) is 10.3. The number of pyridine rings is 1. The lowest BCUT2D eigenvalue weighted by Gasteiger charge is -2.19. The van der Waals surface area contributed by atoms with E-state index in [0.29, 0.717) is 5.75 Å². The van der Waals surface area contributed by atoms with Gasteiger partial charge in [0.15, 0.2) is 0 Å². The fourth-order valence-corrected chi connectivity index (χ4v) is 2.78. The molecule has 0 atom stereocenters. The van der Waals surface area contributed by atoms with Crippen LogP contribution >= 0.6 is 0 Å². The highest BCUT2D eigenvalue weighted by Gasteiger charge is 2.14. The summed E-state index contributed by atoms with van der Waals surface area (Å²) in [4.78, 5) is 12.6. The molecule has 0 unspecified atom stereocenters. The van der Waals surface area contributed by atoms with Crippen LogP contribution < -0.4 is 10.3 Å². The van der Waals surface area contributed by atoms with Crippen molar-refractivity contribution in [2.24, 2.45) is 0 Å². The van der Waals surface area contributed by atoms with E-state index in [1.54, 1.807) is 48.9 Å². The van der Waals surface area contributed by atoms with Gasteiger partial charge >= 0.3 is 0 Å². The summed E-state index contributed by atoms with van der Waals surface area (Å²) in [5.41, 5.74) is 2.15. The van der Waals surface area contributed by atoms with E-state index >= 15 is 0 Å². The smallest absolute Gasteiger partial charge is 0.255 e. The van der Waals surface area contributed by atoms with Gasteiger partial charge in [-0.15, -0.1) is 0 Å². The van der Waals surface area contributed by atoms with Crippen LogP contribution in [0.25, 0.3) is 17.8 Å². The Hall–Kier alpha value is -3.18. The molecular formula is C26H30FNO3. The summed E-state index contributed by atoms with van der Waals surface area (Å²) in [7, 11) is 0. The molecule has 164 valence electrons. The van der Waals surface area contributed by atoms with Crippen LogP contribution in [-0.4, -0.2) is 21.9 Å². The summed E-state index contributed by atoms with van der Waals surface area (Å²) in [6, 6.07) is 15.0. The summed E-state index contributed by atoms with van der Waals surface area (Å²) < 4.78 is 20.2. The minimum atomic E-state index is -0.917. The number of aryl methyl sites for hydroxylation is 1. The number of halogens is 1. The van der Waals surface area contributed by atoms with Crippen molar-refractivity contribution >= 4 is 12.2 Å². The van der Waals surface area contributed by atoms with E-state index < -0.39 is 5.60 Å². The Balaban J connectivity index is 0.00000166. The lowest BCUT2D eigenvalue weighted by molar-refractivity contribution is 0.0282. The predicted molar refractivity (Wildman–Crippen MR) is 125 cm³/mol. The number of aromatic nitrogens is 1. The van der Waals surface area contributed by atoms with Gasteiger partial charge in [0.25, 0.3) is 5.56 Å². The first kappa shape index (κ1) is 24.1. The maximum absolute atomic E-state index is 13.0. The number of hydrogen-bond acceptors (Lipinski definition) is 3. The van der Waals surface area contributed by atoms with Crippen molar-refractivity contribution in [2.45, 2.75) is 40.2 Å². The highest BCUT2D eigenvalue weighted by Crippen LogP contribution is 2.22. The molecule has 31 heavy (non-hydrogen) atoms. The fraction of sp³-hybridized carbons (Fsp3) is 0.269. The van der Waals surface area contributed by atoms with Gasteiger partial charge in [-0.25, -0.2) is 4.39 Å². The number of rotatable bonds is 6. The second kappa shape index (κ2) is 10.7. The lowest BCUT2D eigenvalue weighted by Crippen LogP contribution is -2.28. The van der Waals surface area contributed by atoms with Crippen molar-refractivity contribution in [3.63, 3.8) is 0 Å². The maximum Gasteiger partial charge on any atom is 0.255 e. The molecule has 0 amide bonds. The van der Waals surface area contributed by atoms with Crippen LogP contribution in [0.5, 0.6) is 5.75 Å². The number of hydrogen-bond donors (Lipinski definition) is 1. The van der Waals surface area contributed by atoms with E-state index in [9.17, 15) is 14.3 Å². The molecule has 0 fully saturated rings. The van der Waals surface area contributed by atoms with Crippen LogP contribution in [0.15, 0.2) is 65.6 Å².